The number of carbonyl (C=O) groups excluding carboxylic acids is 2. The summed E-state index contributed by atoms with van der Waals surface area (Å²) < 4.78 is 36.6. The van der Waals surface area contributed by atoms with Crippen molar-refractivity contribution in [1.29, 1.82) is 0 Å². The topological polar surface area (TPSA) is 134 Å². The summed E-state index contributed by atoms with van der Waals surface area (Å²) in [6, 6.07) is 0.180. The van der Waals surface area contributed by atoms with Crippen molar-refractivity contribution in [2.75, 3.05) is 85.9 Å². The van der Waals surface area contributed by atoms with E-state index in [-0.39, 0.29) is 83.7 Å². The molecule has 13 heteroatoms. The van der Waals surface area contributed by atoms with Crippen molar-refractivity contribution in [3.63, 3.8) is 0 Å². The average molecular weight is 550 g/mol. The average Bonchev–Trinajstić information content (AvgIpc) is 2.82. The predicted octanol–water partition coefficient (Wildman–Crippen LogP) is -2.67. The van der Waals surface area contributed by atoms with Gasteiger partial charge >= 0.3 is 63.4 Å². The molecule has 0 heterocycles. The molecule has 1 amide bonds. The molecule has 35 heavy (non-hydrogen) atoms. The number of carbonyl (C=O) groups is 2. The zero-order chi connectivity index (χ0) is 24.7. The SMILES string of the molecule is O=C(CC[O-])OCCOCCOCCOCCOCCOCCOC(=O)NC1CCC(S)CC1.[K+]. The van der Waals surface area contributed by atoms with Crippen LogP contribution >= 0.6 is 12.6 Å². The quantitative estimate of drug-likeness (QED) is 0.0676. The molecule has 1 saturated carbocycles. The van der Waals surface area contributed by atoms with Crippen LogP contribution in [0.1, 0.15) is 32.1 Å². The molecule has 0 aromatic rings. The van der Waals surface area contributed by atoms with Crippen LogP contribution in [0.4, 0.5) is 4.79 Å². The van der Waals surface area contributed by atoms with Crippen molar-refractivity contribution in [2.45, 2.75) is 43.4 Å². The number of hydrogen-bond acceptors (Lipinski definition) is 11. The summed E-state index contributed by atoms with van der Waals surface area (Å²) in [4.78, 5) is 22.7. The molecule has 0 aromatic heterocycles. The Kier molecular flexibility index (Phi) is 26.5. The van der Waals surface area contributed by atoms with Gasteiger partial charge in [-0.25, -0.2) is 4.79 Å². The van der Waals surface area contributed by atoms with Crippen molar-refractivity contribution >= 4 is 24.7 Å². The number of amides is 1. The van der Waals surface area contributed by atoms with E-state index in [4.69, 9.17) is 33.2 Å². The van der Waals surface area contributed by atoms with E-state index in [9.17, 15) is 14.7 Å². The summed E-state index contributed by atoms with van der Waals surface area (Å²) in [5.74, 6) is -0.503. The summed E-state index contributed by atoms with van der Waals surface area (Å²) in [5.41, 5.74) is 0. The smallest absolute Gasteiger partial charge is 0.854 e. The summed E-state index contributed by atoms with van der Waals surface area (Å²) in [7, 11) is 0. The molecular weight excluding hydrogens is 509 g/mol. The Hall–Kier alpha value is 0.486. The van der Waals surface area contributed by atoms with Crippen molar-refractivity contribution in [3.05, 3.63) is 0 Å². The monoisotopic (exact) mass is 549 g/mol. The Bertz CT molecular complexity index is 513. The second kappa shape index (κ2) is 26.1. The molecule has 0 atom stereocenters. The zero-order valence-electron chi connectivity index (χ0n) is 20.9. The van der Waals surface area contributed by atoms with E-state index in [1.807, 2.05) is 0 Å². The van der Waals surface area contributed by atoms with Crippen molar-refractivity contribution in [3.8, 4) is 0 Å². The van der Waals surface area contributed by atoms with E-state index >= 15 is 0 Å². The van der Waals surface area contributed by atoms with E-state index < -0.39 is 18.7 Å². The predicted molar refractivity (Wildman–Crippen MR) is 124 cm³/mol. The molecule has 0 saturated heterocycles. The van der Waals surface area contributed by atoms with E-state index in [1.165, 1.54) is 0 Å². The van der Waals surface area contributed by atoms with Crippen molar-refractivity contribution < 1.29 is 99.2 Å². The normalized spacial score (nSPS) is 17.4. The molecule has 0 unspecified atom stereocenters. The van der Waals surface area contributed by atoms with Gasteiger partial charge < -0.3 is 43.6 Å². The Labute approximate surface area is 256 Å². The minimum Gasteiger partial charge on any atom is -0.854 e. The van der Waals surface area contributed by atoms with E-state index in [1.54, 1.807) is 0 Å². The van der Waals surface area contributed by atoms with Gasteiger partial charge in [0.1, 0.15) is 13.2 Å². The molecule has 0 aromatic carbocycles. The van der Waals surface area contributed by atoms with Gasteiger partial charge in [-0.2, -0.15) is 12.6 Å². The number of nitrogens with one attached hydrogen (secondary N) is 1. The number of hydrogen-bond donors (Lipinski definition) is 2. The molecule has 0 radical (unpaired) electrons. The molecule has 200 valence electrons. The van der Waals surface area contributed by atoms with E-state index in [2.05, 4.69) is 17.9 Å². The van der Waals surface area contributed by atoms with Crippen molar-refractivity contribution in [2.24, 2.45) is 0 Å². The van der Waals surface area contributed by atoms with E-state index in [0.717, 1.165) is 25.7 Å². The minimum absolute atomic E-state index is 0. The molecule has 1 aliphatic rings. The second-order valence-electron chi connectivity index (χ2n) is 7.52. The third kappa shape index (κ3) is 23.3. The third-order valence-electron chi connectivity index (χ3n) is 4.76. The summed E-state index contributed by atoms with van der Waals surface area (Å²) in [6.45, 7) is 3.90. The van der Waals surface area contributed by atoms with Crippen LogP contribution < -0.4 is 61.8 Å². The van der Waals surface area contributed by atoms with Gasteiger partial charge in [0.2, 0.25) is 0 Å². The fourth-order valence-electron chi connectivity index (χ4n) is 2.97. The molecule has 1 rings (SSSR count). The van der Waals surface area contributed by atoms with Crippen LogP contribution in [-0.4, -0.2) is 109 Å². The van der Waals surface area contributed by atoms with Gasteiger partial charge in [0.15, 0.2) is 0 Å². The largest absolute Gasteiger partial charge is 1.00 e. The van der Waals surface area contributed by atoms with Crippen LogP contribution in [0.5, 0.6) is 0 Å². The molecule has 1 aliphatic carbocycles. The Balaban J connectivity index is 0.0000116. The maximum Gasteiger partial charge on any atom is 1.00 e. The fourth-order valence-corrected chi connectivity index (χ4v) is 3.27. The van der Waals surface area contributed by atoms with E-state index in [0.29, 0.717) is 64.7 Å². The standard InChI is InChI=1S/C22H40NO10S.K/c24-6-5-21(25)32-17-15-30-13-11-28-9-7-27-8-10-29-12-14-31-16-18-33-22(26)23-19-1-3-20(34)4-2-19;/h19-20,34H,1-18H2,(H,23,26);/q-1;+1. The van der Waals surface area contributed by atoms with Gasteiger partial charge in [0, 0.05) is 17.7 Å². The molecule has 1 N–H and O–H groups in total. The molecule has 0 aliphatic heterocycles. The van der Waals surface area contributed by atoms with Crippen molar-refractivity contribution in [1.82, 2.24) is 5.32 Å². The van der Waals surface area contributed by atoms with Gasteiger partial charge in [-0.1, -0.05) is 0 Å². The van der Waals surface area contributed by atoms with Crippen LogP contribution in [0.3, 0.4) is 0 Å². The van der Waals surface area contributed by atoms with Gasteiger partial charge in [-0.05, 0) is 25.7 Å². The van der Waals surface area contributed by atoms with Crippen LogP contribution in [0.15, 0.2) is 0 Å². The first-order valence-corrected chi connectivity index (χ1v) is 12.4. The maximum atomic E-state index is 11.7. The molecule has 11 nitrogen and oxygen atoms in total. The Morgan fingerprint density at radius 1 is 0.686 bits per heavy atom. The maximum absolute atomic E-state index is 11.7. The molecule has 0 spiro atoms. The second-order valence-corrected chi connectivity index (χ2v) is 8.25. The number of esters is 1. The fraction of sp³-hybridized carbons (Fsp3) is 0.909. The number of ether oxygens (including phenoxy) is 7. The van der Waals surface area contributed by atoms with Gasteiger partial charge in [0.05, 0.1) is 66.1 Å². The summed E-state index contributed by atoms with van der Waals surface area (Å²) >= 11 is 4.45. The van der Waals surface area contributed by atoms with Gasteiger partial charge in [-0.15, -0.1) is 6.61 Å². The first-order chi connectivity index (χ1) is 16.6. The van der Waals surface area contributed by atoms with Crippen LogP contribution in [0, 0.1) is 0 Å². The molecule has 1 fully saturated rings. The summed E-state index contributed by atoms with van der Waals surface area (Å²) in [5, 5.41) is 13.5. The Morgan fingerprint density at radius 3 is 1.51 bits per heavy atom. The Morgan fingerprint density at radius 2 is 1.09 bits per heavy atom. The number of rotatable bonds is 21. The summed E-state index contributed by atoms with van der Waals surface area (Å²) in [6.07, 6.45) is 3.40. The first kappa shape index (κ1) is 35.5. The molecule has 0 bridgehead atoms. The third-order valence-corrected chi connectivity index (χ3v) is 5.28. The van der Waals surface area contributed by atoms with Crippen LogP contribution in [-0.2, 0) is 38.0 Å². The van der Waals surface area contributed by atoms with Crippen LogP contribution in [0.2, 0.25) is 0 Å². The number of thiol groups is 1. The molecular formula is C22H40KNO10S. The van der Waals surface area contributed by atoms with Gasteiger partial charge in [-0.3, -0.25) is 4.79 Å². The minimum atomic E-state index is -0.503. The number of alkyl carbamates (subject to hydrolysis) is 1. The van der Waals surface area contributed by atoms with Crippen LogP contribution in [0.25, 0.3) is 0 Å². The zero-order valence-corrected chi connectivity index (χ0v) is 24.9. The van der Waals surface area contributed by atoms with Gasteiger partial charge in [0.25, 0.3) is 0 Å². The first-order valence-electron chi connectivity index (χ1n) is 11.9.